The Kier molecular flexibility index (Phi) is 1.76. The maximum Gasteiger partial charge on any atom is 0.407 e. The van der Waals surface area contributed by atoms with Gasteiger partial charge in [0.25, 0.3) is 0 Å². The van der Waals surface area contributed by atoms with Crippen LogP contribution in [0.15, 0.2) is 24.3 Å². The molecule has 5 heteroatoms. The predicted octanol–water partition coefficient (Wildman–Crippen LogP) is 1.92. The van der Waals surface area contributed by atoms with Crippen molar-refractivity contribution in [1.82, 2.24) is 15.2 Å². The fraction of sp³-hybridized carbons (Fsp3) is 0.438. The molecule has 21 heavy (non-hydrogen) atoms. The van der Waals surface area contributed by atoms with Crippen LogP contribution in [0.1, 0.15) is 22.1 Å². The van der Waals surface area contributed by atoms with Crippen molar-refractivity contribution in [3.05, 3.63) is 35.4 Å². The minimum absolute atomic E-state index is 0.00735. The van der Waals surface area contributed by atoms with Gasteiger partial charge in [-0.15, -0.1) is 0 Å². The van der Waals surface area contributed by atoms with Gasteiger partial charge in [0.1, 0.15) is 6.56 Å². The van der Waals surface area contributed by atoms with E-state index in [1.54, 1.807) is 0 Å². The van der Waals surface area contributed by atoms with Crippen LogP contribution in [0.5, 0.6) is 0 Å². The van der Waals surface area contributed by atoms with Crippen molar-refractivity contribution in [2.45, 2.75) is 18.9 Å². The molecule has 0 aliphatic carbocycles. The maximum atomic E-state index is 11.6. The number of carbonyl (C=O) groups excluding carboxylic acids is 1. The molecular formula is C16H21N3O2. The van der Waals surface area contributed by atoms with Gasteiger partial charge in [0, 0.05) is 26.3 Å². The highest BCUT2D eigenvalue weighted by atomic mass is 16.6. The van der Waals surface area contributed by atoms with E-state index >= 15 is 0 Å². The number of rotatable bonds is 5. The minimum Gasteiger partial charge on any atom is -0.447 e. The summed E-state index contributed by atoms with van der Waals surface area (Å²) in [5, 5.41) is 0.230. The summed E-state index contributed by atoms with van der Waals surface area (Å²) in [5.41, 5.74) is -0.343. The zero-order chi connectivity index (χ0) is 23.6. The van der Waals surface area contributed by atoms with Gasteiger partial charge in [-0.05, 0) is 50.1 Å². The Morgan fingerprint density at radius 1 is 1.62 bits per heavy atom. The van der Waals surface area contributed by atoms with E-state index in [0.29, 0.717) is 4.98 Å². The number of aryl methyl sites for hydroxylation is 1. The molecule has 1 amide bonds. The third-order valence-corrected chi connectivity index (χ3v) is 2.96. The van der Waals surface area contributed by atoms with Gasteiger partial charge in [-0.1, -0.05) is 6.04 Å². The third kappa shape index (κ3) is 3.19. The van der Waals surface area contributed by atoms with Crippen molar-refractivity contribution < 1.29 is 23.3 Å². The lowest BCUT2D eigenvalue weighted by Gasteiger charge is -2.09. The van der Waals surface area contributed by atoms with Crippen LogP contribution in [0.2, 0.25) is 2.82 Å². The first-order chi connectivity index (χ1) is 14.1. The quantitative estimate of drug-likeness (QED) is 0.886. The monoisotopic (exact) mass is 297 g/mol. The van der Waals surface area contributed by atoms with Gasteiger partial charge in [-0.2, -0.15) is 0 Å². The highest BCUT2D eigenvalue weighted by molar-refractivity contribution is 5.84. The normalized spacial score (nSPS) is 28.6. The molecule has 112 valence electrons. The number of hydrogen-bond donors (Lipinski definition) is 2. The number of benzene rings is 1. The van der Waals surface area contributed by atoms with Crippen molar-refractivity contribution in [3.63, 3.8) is 0 Å². The highest BCUT2D eigenvalue weighted by Gasteiger charge is 2.22. The van der Waals surface area contributed by atoms with Gasteiger partial charge in [0.2, 0.25) is 0 Å². The zero-order valence-electron chi connectivity index (χ0n) is 21.6. The number of aromatic nitrogens is 1. The summed E-state index contributed by atoms with van der Waals surface area (Å²) < 4.78 is 85.8. The fourth-order valence-electron chi connectivity index (χ4n) is 1.97. The second-order valence-corrected chi connectivity index (χ2v) is 4.84. The number of ether oxygens (including phenoxy) is 1. The van der Waals surface area contributed by atoms with Gasteiger partial charge in [0.15, 0.2) is 2.82 Å². The second kappa shape index (κ2) is 5.77. The first kappa shape index (κ1) is 6.40. The average Bonchev–Trinajstić information content (AvgIpc) is 3.00. The number of nitrogens with one attached hydrogen (secondary N) is 2. The topological polar surface area (TPSA) is 57.4 Å². The molecule has 2 heterocycles. The molecule has 0 unspecified atom stereocenters. The number of cyclic esters (lactones) is 1. The van der Waals surface area contributed by atoms with Crippen molar-refractivity contribution in [2.75, 3.05) is 27.2 Å². The summed E-state index contributed by atoms with van der Waals surface area (Å²) in [6, 6.07) is -2.82. The summed E-state index contributed by atoms with van der Waals surface area (Å²) in [7, 11) is 2.99. The van der Waals surface area contributed by atoms with E-state index in [0.717, 1.165) is 0 Å². The van der Waals surface area contributed by atoms with E-state index in [-0.39, 0.29) is 39.8 Å². The molecule has 2 aromatic rings. The summed E-state index contributed by atoms with van der Waals surface area (Å²) in [4.78, 5) is 13.5. The summed E-state index contributed by atoms with van der Waals surface area (Å²) in [6.45, 7) is -4.48. The Hall–Kier alpha value is -2.01. The number of fused-ring (bicyclic) bond motifs is 1. The fourth-order valence-corrected chi connectivity index (χ4v) is 1.97. The number of hydrogen-bond acceptors (Lipinski definition) is 3. The Morgan fingerprint density at radius 2 is 2.48 bits per heavy atom. The smallest absolute Gasteiger partial charge is 0.407 e. The Balaban J connectivity index is 2.24. The molecule has 1 aliphatic rings. The molecule has 2 N–H and O–H groups in total. The van der Waals surface area contributed by atoms with E-state index in [4.69, 9.17) is 13.8 Å². The van der Waals surface area contributed by atoms with Crippen molar-refractivity contribution >= 4 is 17.0 Å². The lowest BCUT2D eigenvalue weighted by molar-refractivity contribution is 0.177. The first-order valence-electron chi connectivity index (χ1n) is 11.3. The van der Waals surface area contributed by atoms with Crippen LogP contribution in [0.25, 0.3) is 10.9 Å². The molecular weight excluding hydrogens is 266 g/mol. The van der Waals surface area contributed by atoms with Crippen LogP contribution >= 0.6 is 0 Å². The highest BCUT2D eigenvalue weighted by Crippen LogP contribution is 2.21. The molecule has 0 bridgehead atoms. The van der Waals surface area contributed by atoms with E-state index in [9.17, 15) is 4.79 Å². The molecule has 0 radical (unpaired) electrons. The Morgan fingerprint density at radius 3 is 3.19 bits per heavy atom. The van der Waals surface area contributed by atoms with Gasteiger partial charge in [-0.3, -0.25) is 0 Å². The van der Waals surface area contributed by atoms with Crippen LogP contribution in [0.4, 0.5) is 4.79 Å². The Labute approximate surface area is 138 Å². The molecule has 1 aromatic heterocycles. The van der Waals surface area contributed by atoms with Crippen LogP contribution in [0, 0.1) is 0 Å². The van der Waals surface area contributed by atoms with E-state index < -0.39 is 49.9 Å². The van der Waals surface area contributed by atoms with Crippen LogP contribution < -0.4 is 5.31 Å². The summed E-state index contributed by atoms with van der Waals surface area (Å²) >= 11 is 0. The molecule has 1 fully saturated rings. The molecule has 1 saturated heterocycles. The van der Waals surface area contributed by atoms with Gasteiger partial charge < -0.3 is 19.9 Å². The number of nitrogens with zero attached hydrogens (tertiary/aromatic N) is 1. The van der Waals surface area contributed by atoms with E-state index in [2.05, 4.69) is 4.74 Å². The largest absolute Gasteiger partial charge is 0.447 e. The predicted molar refractivity (Wildman–Crippen MR) is 82.5 cm³/mol. The number of H-pyrrole nitrogens is 1. The third-order valence-electron chi connectivity index (χ3n) is 2.96. The van der Waals surface area contributed by atoms with Gasteiger partial charge in [-0.25, -0.2) is 4.79 Å². The molecule has 3 rings (SSSR count). The van der Waals surface area contributed by atoms with Crippen LogP contribution in [-0.4, -0.2) is 49.2 Å². The van der Waals surface area contributed by atoms with E-state index in [1.807, 2.05) is 0 Å². The van der Waals surface area contributed by atoms with Crippen molar-refractivity contribution in [3.8, 4) is 0 Å². The van der Waals surface area contributed by atoms with Gasteiger partial charge >= 0.3 is 6.09 Å². The van der Waals surface area contributed by atoms with Gasteiger partial charge in [0.05, 0.1) is 14.3 Å². The van der Waals surface area contributed by atoms with Crippen molar-refractivity contribution in [2.24, 2.45) is 0 Å². The molecule has 0 saturated carbocycles. The van der Waals surface area contributed by atoms with E-state index in [1.165, 1.54) is 19.0 Å². The number of likely N-dealkylation sites (N-methyl/N-ethyl adjacent to an activating group) is 1. The van der Waals surface area contributed by atoms with Crippen molar-refractivity contribution in [1.29, 1.82) is 0 Å². The summed E-state index contributed by atoms with van der Waals surface area (Å²) in [5.74, 6) is 0. The molecule has 1 aromatic carbocycles. The maximum absolute atomic E-state index is 11.6. The number of aromatic amines is 1. The lowest BCUT2D eigenvalue weighted by atomic mass is 10.0. The Bertz CT molecular complexity index is 1070. The minimum atomic E-state index is -2.55. The van der Waals surface area contributed by atoms with Crippen LogP contribution in [-0.2, 0) is 17.6 Å². The molecule has 0 spiro atoms. The molecule has 1 aliphatic heterocycles. The zero-order valence-corrected chi connectivity index (χ0v) is 11.6. The molecule has 5 nitrogen and oxygen atoms in total. The number of alkyl carbamates (subject to hydrolysis) is 1. The second-order valence-electron chi connectivity index (χ2n) is 4.84. The first-order valence-corrected chi connectivity index (χ1v) is 6.42. The average molecular weight is 297 g/mol. The molecule has 1 atom stereocenters. The number of carbonyl (C=O) groups is 1. The standard InChI is InChI=1S/C16H21N3O2/c1-19(2)6-5-12-9-17-15-4-3-11(8-14(12)15)7-13-10-21-16(20)18-13/h3-4,8-9,13,17H,5-7,10H2,1-2H3,(H,18,20)/t13-/m0/s1/i3D,4D,6D2,8D,9D,10D2/hD2. The summed E-state index contributed by atoms with van der Waals surface area (Å²) in [6.07, 6.45) is -2.47. The number of amides is 1. The van der Waals surface area contributed by atoms with Crippen LogP contribution in [0.3, 0.4) is 0 Å². The SMILES string of the molecule is [2H]c1c(C[C@@H]2N([2H])C(=O)OC2([2H])[2H])c([2H])c2c(CC([2H])([2H])N(C)C)c([2H])n([2H])c2c1[2H]. The lowest BCUT2D eigenvalue weighted by Crippen LogP contribution is -2.28.